The summed E-state index contributed by atoms with van der Waals surface area (Å²) in [4.78, 5) is 8.18. The molecule has 0 saturated heterocycles. The second-order valence-corrected chi connectivity index (χ2v) is 5.08. The molecular weight excluding hydrogens is 333 g/mol. The van der Waals surface area contributed by atoms with Gasteiger partial charge in [-0.25, -0.2) is 9.97 Å². The summed E-state index contributed by atoms with van der Waals surface area (Å²) in [5.74, 6) is -0.443. The highest BCUT2D eigenvalue weighted by Crippen LogP contribution is 2.31. The van der Waals surface area contributed by atoms with E-state index in [0.717, 1.165) is 5.69 Å². The molecule has 0 aliphatic carbocycles. The van der Waals surface area contributed by atoms with Crippen molar-refractivity contribution in [3.05, 3.63) is 60.2 Å². The quantitative estimate of drug-likeness (QED) is 0.726. The van der Waals surface area contributed by atoms with E-state index < -0.39 is 12.1 Å². The molecule has 0 aliphatic rings. The molecule has 0 fully saturated rings. The first-order chi connectivity index (χ1) is 10.9. The van der Waals surface area contributed by atoms with Crippen LogP contribution in [0.2, 0.25) is 5.02 Å². The number of hydrogen-bond acceptors (Lipinski definition) is 3. The molecule has 23 heavy (non-hydrogen) atoms. The first-order valence-corrected chi connectivity index (χ1v) is 6.83. The molecule has 0 saturated carbocycles. The van der Waals surface area contributed by atoms with Crippen LogP contribution in [0.5, 0.6) is 5.75 Å². The van der Waals surface area contributed by atoms with E-state index in [-0.39, 0.29) is 5.02 Å². The lowest BCUT2D eigenvalue weighted by molar-refractivity contribution is -0.274. The summed E-state index contributed by atoms with van der Waals surface area (Å²) < 4.78 is 44.0. The van der Waals surface area contributed by atoms with E-state index in [1.54, 1.807) is 35.8 Å². The van der Waals surface area contributed by atoms with E-state index in [1.165, 1.54) is 18.2 Å². The Kier molecular flexibility index (Phi) is 3.99. The molecule has 2 aromatic heterocycles. The van der Waals surface area contributed by atoms with Crippen molar-refractivity contribution in [1.82, 2.24) is 19.1 Å². The van der Waals surface area contributed by atoms with E-state index in [1.807, 2.05) is 4.57 Å². The molecule has 0 unspecified atom stereocenters. The van der Waals surface area contributed by atoms with Crippen LogP contribution >= 0.6 is 11.6 Å². The van der Waals surface area contributed by atoms with Crippen LogP contribution in [0.15, 0.2) is 49.4 Å². The fraction of sp³-hybridized carbons (Fsp3) is 0.143. The Balaban J connectivity index is 1.79. The summed E-state index contributed by atoms with van der Waals surface area (Å²) in [6.45, 7) is 0.538. The van der Waals surface area contributed by atoms with Gasteiger partial charge in [0, 0.05) is 24.3 Å². The normalized spacial score (nSPS) is 11.7. The second kappa shape index (κ2) is 5.96. The Morgan fingerprint density at radius 3 is 2.70 bits per heavy atom. The summed E-state index contributed by atoms with van der Waals surface area (Å²) in [5.41, 5.74) is 1.35. The number of benzene rings is 1. The molecular formula is C14H10ClF3N4O. The van der Waals surface area contributed by atoms with Gasteiger partial charge in [-0.2, -0.15) is 0 Å². The largest absolute Gasteiger partial charge is 0.573 e. The third-order valence-corrected chi connectivity index (χ3v) is 3.27. The maximum atomic E-state index is 12.2. The van der Waals surface area contributed by atoms with Gasteiger partial charge in [-0.1, -0.05) is 11.6 Å². The van der Waals surface area contributed by atoms with Gasteiger partial charge in [0.05, 0.1) is 29.9 Å². The highest BCUT2D eigenvalue weighted by Gasteiger charge is 2.32. The third kappa shape index (κ3) is 3.84. The van der Waals surface area contributed by atoms with E-state index in [9.17, 15) is 13.2 Å². The van der Waals surface area contributed by atoms with Crippen molar-refractivity contribution in [2.24, 2.45) is 0 Å². The Morgan fingerprint density at radius 1 is 1.22 bits per heavy atom. The first kappa shape index (κ1) is 15.4. The molecule has 5 nitrogen and oxygen atoms in total. The minimum atomic E-state index is -4.78. The Bertz CT molecular complexity index is 799. The van der Waals surface area contributed by atoms with Crippen LogP contribution in [0.1, 0.15) is 5.69 Å². The van der Waals surface area contributed by atoms with Gasteiger partial charge in [0.2, 0.25) is 0 Å². The highest BCUT2D eigenvalue weighted by atomic mass is 35.5. The van der Waals surface area contributed by atoms with Crippen LogP contribution in [0.3, 0.4) is 0 Å². The first-order valence-electron chi connectivity index (χ1n) is 6.45. The van der Waals surface area contributed by atoms with E-state index in [2.05, 4.69) is 14.7 Å². The minimum Gasteiger partial charge on any atom is -0.404 e. The minimum absolute atomic E-state index is 0.135. The summed E-state index contributed by atoms with van der Waals surface area (Å²) in [5, 5.41) is -0.135. The number of rotatable bonds is 4. The van der Waals surface area contributed by atoms with Crippen LogP contribution in [0.25, 0.3) is 5.69 Å². The number of imidazole rings is 2. The van der Waals surface area contributed by atoms with Crippen molar-refractivity contribution >= 4 is 11.6 Å². The standard InChI is InChI=1S/C14H10ClF3N4O/c15-12-5-11(1-2-13(12)23-14(16,17)18)22-7-10(20-9-22)6-21-4-3-19-8-21/h1-5,7-9H,6H2. The van der Waals surface area contributed by atoms with Gasteiger partial charge >= 0.3 is 6.36 Å². The molecule has 1 aromatic carbocycles. The van der Waals surface area contributed by atoms with Gasteiger partial charge in [-0.05, 0) is 18.2 Å². The lowest BCUT2D eigenvalue weighted by Gasteiger charge is -2.11. The fourth-order valence-corrected chi connectivity index (χ4v) is 2.22. The molecule has 3 rings (SSSR count). The van der Waals surface area contributed by atoms with Crippen molar-refractivity contribution in [2.45, 2.75) is 12.9 Å². The molecule has 0 N–H and O–H groups in total. The van der Waals surface area contributed by atoms with Crippen molar-refractivity contribution < 1.29 is 17.9 Å². The van der Waals surface area contributed by atoms with Gasteiger partial charge in [-0.3, -0.25) is 0 Å². The van der Waals surface area contributed by atoms with Crippen LogP contribution in [0, 0.1) is 0 Å². The predicted molar refractivity (Wildman–Crippen MR) is 76.6 cm³/mol. The average molecular weight is 343 g/mol. The number of hydrogen-bond donors (Lipinski definition) is 0. The SMILES string of the molecule is FC(F)(F)Oc1ccc(-n2cnc(Cn3ccnc3)c2)cc1Cl. The molecule has 2 heterocycles. The van der Waals surface area contributed by atoms with Crippen LogP contribution < -0.4 is 4.74 Å². The number of halogens is 4. The number of ether oxygens (including phenoxy) is 1. The molecule has 120 valence electrons. The number of nitrogens with zero attached hydrogens (tertiary/aromatic N) is 4. The lowest BCUT2D eigenvalue weighted by Crippen LogP contribution is -2.17. The molecule has 0 spiro atoms. The third-order valence-electron chi connectivity index (χ3n) is 2.98. The van der Waals surface area contributed by atoms with Gasteiger partial charge in [0.15, 0.2) is 0 Å². The zero-order valence-corrected chi connectivity index (χ0v) is 12.3. The topological polar surface area (TPSA) is 44.9 Å². The summed E-state index contributed by atoms with van der Waals surface area (Å²) in [7, 11) is 0. The zero-order valence-electron chi connectivity index (χ0n) is 11.5. The van der Waals surface area contributed by atoms with Gasteiger partial charge < -0.3 is 13.9 Å². The molecule has 0 amide bonds. The molecule has 0 aliphatic heterocycles. The van der Waals surface area contributed by atoms with Crippen molar-refractivity contribution in [2.75, 3.05) is 0 Å². The predicted octanol–water partition coefficient (Wildman–Crippen LogP) is 3.67. The smallest absolute Gasteiger partial charge is 0.404 e. The van der Waals surface area contributed by atoms with E-state index in [4.69, 9.17) is 11.6 Å². The molecule has 9 heteroatoms. The molecule has 3 aromatic rings. The molecule has 0 atom stereocenters. The molecule has 0 bridgehead atoms. The van der Waals surface area contributed by atoms with Crippen molar-refractivity contribution in [3.63, 3.8) is 0 Å². The van der Waals surface area contributed by atoms with Crippen LogP contribution in [-0.4, -0.2) is 25.5 Å². The second-order valence-electron chi connectivity index (χ2n) is 4.67. The number of alkyl halides is 3. The van der Waals surface area contributed by atoms with Crippen LogP contribution in [0.4, 0.5) is 13.2 Å². The monoisotopic (exact) mass is 342 g/mol. The highest BCUT2D eigenvalue weighted by molar-refractivity contribution is 6.32. The lowest BCUT2D eigenvalue weighted by atomic mass is 10.3. The van der Waals surface area contributed by atoms with E-state index in [0.29, 0.717) is 12.2 Å². The van der Waals surface area contributed by atoms with Gasteiger partial charge in [0.1, 0.15) is 5.75 Å². The Morgan fingerprint density at radius 2 is 2.04 bits per heavy atom. The maximum absolute atomic E-state index is 12.2. The number of aromatic nitrogens is 4. The summed E-state index contributed by atoms with van der Waals surface area (Å²) >= 11 is 5.84. The molecule has 0 radical (unpaired) electrons. The Hall–Kier alpha value is -2.48. The van der Waals surface area contributed by atoms with Gasteiger partial charge in [-0.15, -0.1) is 13.2 Å². The van der Waals surface area contributed by atoms with Crippen molar-refractivity contribution in [3.8, 4) is 11.4 Å². The van der Waals surface area contributed by atoms with E-state index >= 15 is 0 Å². The Labute approximate surface area is 133 Å². The van der Waals surface area contributed by atoms with Crippen LogP contribution in [-0.2, 0) is 6.54 Å². The maximum Gasteiger partial charge on any atom is 0.573 e. The average Bonchev–Trinajstić information content (AvgIpc) is 3.12. The van der Waals surface area contributed by atoms with Crippen molar-refractivity contribution in [1.29, 1.82) is 0 Å². The fourth-order valence-electron chi connectivity index (χ4n) is 2.01. The zero-order chi connectivity index (χ0) is 16.4. The summed E-state index contributed by atoms with van der Waals surface area (Å²) in [6, 6.07) is 4.02. The van der Waals surface area contributed by atoms with Gasteiger partial charge in [0.25, 0.3) is 0 Å². The summed E-state index contributed by atoms with van der Waals surface area (Å²) in [6.07, 6.45) is 3.67.